The Hall–Kier alpha value is -2.77. The third-order valence-electron chi connectivity index (χ3n) is 4.73. The highest BCUT2D eigenvalue weighted by Crippen LogP contribution is 2.28. The van der Waals surface area contributed by atoms with Gasteiger partial charge in [0, 0.05) is 6.08 Å². The summed E-state index contributed by atoms with van der Waals surface area (Å²) in [5, 5.41) is 2.38. The molecular weight excluding hydrogens is 414 g/mol. The number of nitrogens with one attached hydrogen (secondary N) is 1. The molecular formula is C24H31NO5S. The number of aldehydes is 1. The van der Waals surface area contributed by atoms with Crippen LogP contribution in [0.4, 0.5) is 0 Å². The molecule has 0 saturated heterocycles. The molecule has 6 nitrogen and oxygen atoms in total. The molecule has 0 aliphatic rings. The van der Waals surface area contributed by atoms with E-state index in [1.165, 1.54) is 11.6 Å². The first-order valence-corrected chi connectivity index (χ1v) is 11.1. The van der Waals surface area contributed by atoms with E-state index in [9.17, 15) is 13.8 Å². The Labute approximate surface area is 187 Å². The van der Waals surface area contributed by atoms with Crippen molar-refractivity contribution in [2.24, 2.45) is 0 Å². The smallest absolute Gasteiger partial charge is 0.244 e. The minimum absolute atomic E-state index is 0.334. The molecule has 168 valence electrons. The van der Waals surface area contributed by atoms with Crippen molar-refractivity contribution in [1.82, 2.24) is 5.32 Å². The number of carbonyl (C=O) groups excluding carboxylic acids is 2. The molecule has 0 heterocycles. The molecule has 0 aliphatic heterocycles. The number of allylic oxidation sites excluding steroid dienone is 6. The molecule has 1 aromatic rings. The molecule has 0 aliphatic carbocycles. The first kappa shape index (κ1) is 26.3. The van der Waals surface area contributed by atoms with Gasteiger partial charge in [-0.2, -0.15) is 0 Å². The summed E-state index contributed by atoms with van der Waals surface area (Å²) in [5.74, 6) is 0.0580. The van der Waals surface area contributed by atoms with E-state index in [1.54, 1.807) is 20.1 Å². The van der Waals surface area contributed by atoms with Gasteiger partial charge in [0.15, 0.2) is 11.1 Å². The number of carbonyl (C=O) groups is 2. The van der Waals surface area contributed by atoms with Crippen molar-refractivity contribution < 1.29 is 23.1 Å². The van der Waals surface area contributed by atoms with Crippen LogP contribution in [0.2, 0.25) is 0 Å². The predicted octanol–water partition coefficient (Wildman–Crippen LogP) is 3.99. The van der Waals surface area contributed by atoms with E-state index in [4.69, 9.17) is 9.29 Å². The van der Waals surface area contributed by atoms with Gasteiger partial charge in [0.05, 0.1) is 18.9 Å². The SMILES string of the molecule is COc1cc(C)c(/C=C/C(C)=C/C=C/C(C)=C/C(=O)NC(C=O)CS(=O)O)c(C)c1C. The normalized spacial score (nSPS) is 14.7. The van der Waals surface area contributed by atoms with Crippen LogP contribution in [-0.2, 0) is 20.7 Å². The highest BCUT2D eigenvalue weighted by Gasteiger charge is 2.12. The maximum Gasteiger partial charge on any atom is 0.244 e. The molecule has 2 unspecified atom stereocenters. The zero-order valence-corrected chi connectivity index (χ0v) is 19.7. The second-order valence-electron chi connectivity index (χ2n) is 7.29. The van der Waals surface area contributed by atoms with E-state index in [2.05, 4.69) is 25.2 Å². The highest BCUT2D eigenvalue weighted by molar-refractivity contribution is 7.79. The second-order valence-corrected chi connectivity index (χ2v) is 8.27. The molecule has 0 bridgehead atoms. The van der Waals surface area contributed by atoms with Gasteiger partial charge in [0.1, 0.15) is 12.0 Å². The van der Waals surface area contributed by atoms with Gasteiger partial charge in [-0.15, -0.1) is 0 Å². The second kappa shape index (κ2) is 12.8. The van der Waals surface area contributed by atoms with Gasteiger partial charge in [0.2, 0.25) is 5.91 Å². The van der Waals surface area contributed by atoms with Crippen LogP contribution in [0.25, 0.3) is 6.08 Å². The van der Waals surface area contributed by atoms with E-state index >= 15 is 0 Å². The molecule has 2 atom stereocenters. The summed E-state index contributed by atoms with van der Waals surface area (Å²) in [4.78, 5) is 22.8. The summed E-state index contributed by atoms with van der Waals surface area (Å²) in [7, 11) is 1.67. The maximum absolute atomic E-state index is 11.9. The van der Waals surface area contributed by atoms with Crippen molar-refractivity contribution in [3.8, 4) is 5.75 Å². The summed E-state index contributed by atoms with van der Waals surface area (Å²) in [6.45, 7) is 9.91. The monoisotopic (exact) mass is 445 g/mol. The van der Waals surface area contributed by atoms with E-state index in [0.29, 0.717) is 11.9 Å². The molecule has 0 saturated carbocycles. The lowest BCUT2D eigenvalue weighted by atomic mass is 9.96. The topological polar surface area (TPSA) is 92.7 Å². The largest absolute Gasteiger partial charge is 0.496 e. The molecule has 31 heavy (non-hydrogen) atoms. The molecule has 1 amide bonds. The molecule has 1 rings (SSSR count). The van der Waals surface area contributed by atoms with Gasteiger partial charge in [-0.1, -0.05) is 36.0 Å². The van der Waals surface area contributed by atoms with Crippen LogP contribution < -0.4 is 10.1 Å². The fourth-order valence-corrected chi connectivity index (χ4v) is 3.37. The number of methoxy groups -OCH3 is 1. The average Bonchev–Trinajstić information content (AvgIpc) is 2.69. The van der Waals surface area contributed by atoms with Crippen LogP contribution in [0.5, 0.6) is 5.75 Å². The lowest BCUT2D eigenvalue weighted by Gasteiger charge is -2.13. The quantitative estimate of drug-likeness (QED) is 0.246. The van der Waals surface area contributed by atoms with Crippen molar-refractivity contribution in [3.63, 3.8) is 0 Å². The number of hydrogen-bond donors (Lipinski definition) is 2. The third-order valence-corrected chi connectivity index (χ3v) is 5.38. The number of hydrogen-bond acceptors (Lipinski definition) is 4. The van der Waals surface area contributed by atoms with Crippen LogP contribution in [0.15, 0.2) is 47.6 Å². The molecule has 1 aromatic carbocycles. The summed E-state index contributed by atoms with van der Waals surface area (Å²) in [6.07, 6.45) is 11.4. The Balaban J connectivity index is 2.82. The third kappa shape index (κ3) is 8.86. The van der Waals surface area contributed by atoms with Gasteiger partial charge in [-0.05, 0) is 68.5 Å². The van der Waals surface area contributed by atoms with Gasteiger partial charge in [-0.25, -0.2) is 4.21 Å². The van der Waals surface area contributed by atoms with E-state index < -0.39 is 23.0 Å². The van der Waals surface area contributed by atoms with E-state index in [1.807, 2.05) is 38.1 Å². The highest BCUT2D eigenvalue weighted by atomic mass is 32.2. The lowest BCUT2D eigenvalue weighted by Crippen LogP contribution is -2.39. The van der Waals surface area contributed by atoms with Crippen molar-refractivity contribution in [1.29, 1.82) is 0 Å². The number of amides is 1. The zero-order valence-electron chi connectivity index (χ0n) is 18.9. The Morgan fingerprint density at radius 3 is 2.45 bits per heavy atom. The van der Waals surface area contributed by atoms with Crippen LogP contribution in [-0.4, -0.2) is 39.9 Å². The number of rotatable bonds is 10. The van der Waals surface area contributed by atoms with Gasteiger partial charge >= 0.3 is 0 Å². The first-order valence-electron chi connectivity index (χ1n) is 9.78. The van der Waals surface area contributed by atoms with Crippen molar-refractivity contribution in [2.75, 3.05) is 12.9 Å². The molecule has 2 N–H and O–H groups in total. The van der Waals surface area contributed by atoms with Crippen molar-refractivity contribution in [3.05, 3.63) is 69.8 Å². The average molecular weight is 446 g/mol. The fraction of sp³-hybridized carbons (Fsp3) is 0.333. The predicted molar refractivity (Wildman–Crippen MR) is 127 cm³/mol. The lowest BCUT2D eigenvalue weighted by molar-refractivity contribution is -0.119. The zero-order chi connectivity index (χ0) is 23.6. The van der Waals surface area contributed by atoms with Gasteiger partial charge in [0.25, 0.3) is 0 Å². The van der Waals surface area contributed by atoms with Crippen LogP contribution in [0, 0.1) is 20.8 Å². The Kier molecular flexibility index (Phi) is 10.9. The summed E-state index contributed by atoms with van der Waals surface area (Å²) >= 11 is -2.16. The maximum atomic E-state index is 11.9. The molecule has 0 aromatic heterocycles. The fourth-order valence-electron chi connectivity index (χ4n) is 2.90. The van der Waals surface area contributed by atoms with Crippen LogP contribution >= 0.6 is 0 Å². The Morgan fingerprint density at radius 1 is 1.19 bits per heavy atom. The number of benzene rings is 1. The van der Waals surface area contributed by atoms with E-state index in [0.717, 1.165) is 28.0 Å². The molecule has 0 fully saturated rings. The standard InChI is InChI=1S/C24H31NO5S/c1-16(10-11-22-18(3)13-23(30-6)20(5)19(22)4)8-7-9-17(2)12-24(27)25-21(14-26)15-31(28)29/h7-14,21H,15H2,1-6H3,(H,25,27)(H,28,29)/b9-7+,11-10+,16-8+,17-12+. The Morgan fingerprint density at radius 2 is 1.87 bits per heavy atom. The molecule has 0 radical (unpaired) electrons. The first-order chi connectivity index (χ1) is 14.6. The van der Waals surface area contributed by atoms with Crippen LogP contribution in [0.3, 0.4) is 0 Å². The molecule has 0 spiro atoms. The van der Waals surface area contributed by atoms with Gasteiger partial charge in [-0.3, -0.25) is 4.79 Å². The van der Waals surface area contributed by atoms with Gasteiger partial charge < -0.3 is 19.4 Å². The summed E-state index contributed by atoms with van der Waals surface area (Å²) < 4.78 is 25.0. The Bertz CT molecular complexity index is 957. The summed E-state index contributed by atoms with van der Waals surface area (Å²) in [5.41, 5.74) is 6.32. The minimum Gasteiger partial charge on any atom is -0.496 e. The summed E-state index contributed by atoms with van der Waals surface area (Å²) in [6, 6.07) is 1.04. The number of ether oxygens (including phenoxy) is 1. The van der Waals surface area contributed by atoms with Crippen LogP contribution in [0.1, 0.15) is 36.1 Å². The van der Waals surface area contributed by atoms with E-state index in [-0.39, 0.29) is 5.75 Å². The minimum atomic E-state index is -2.16. The van der Waals surface area contributed by atoms with Crippen molar-refractivity contribution in [2.45, 2.75) is 40.7 Å². The number of aryl methyl sites for hydroxylation is 1. The molecule has 7 heteroatoms. The van der Waals surface area contributed by atoms with Crippen molar-refractivity contribution >= 4 is 29.3 Å².